The van der Waals surface area contributed by atoms with Gasteiger partial charge in [-0.3, -0.25) is 4.79 Å². The number of carbonyl (C=O) groups excluding carboxylic acids is 1. The molecule has 1 N–H and O–H groups in total. The summed E-state index contributed by atoms with van der Waals surface area (Å²) in [5.41, 5.74) is 0.500. The van der Waals surface area contributed by atoms with Gasteiger partial charge in [-0.25, -0.2) is 0 Å². The summed E-state index contributed by atoms with van der Waals surface area (Å²) < 4.78 is 7.95. The number of likely N-dealkylation sites (tertiary alicyclic amines) is 1. The van der Waals surface area contributed by atoms with Crippen LogP contribution >= 0.6 is 11.7 Å². The predicted octanol–water partition coefficient (Wildman–Crippen LogP) is 0.895. The second-order valence-electron chi connectivity index (χ2n) is 4.70. The molecule has 2 atom stereocenters. The van der Waals surface area contributed by atoms with E-state index in [-0.39, 0.29) is 5.91 Å². The number of carbonyl (C=O) groups is 1. The number of hydrogen-bond acceptors (Lipinski definition) is 5. The Labute approximate surface area is 105 Å². The molecule has 92 valence electrons. The van der Waals surface area contributed by atoms with Crippen LogP contribution in [0.4, 0.5) is 0 Å². The van der Waals surface area contributed by atoms with Gasteiger partial charge >= 0.3 is 0 Å². The fourth-order valence-electron chi connectivity index (χ4n) is 2.91. The van der Waals surface area contributed by atoms with Crippen molar-refractivity contribution in [1.29, 1.82) is 0 Å². The van der Waals surface area contributed by atoms with Crippen molar-refractivity contribution in [3.8, 4) is 0 Å². The highest BCUT2D eigenvalue weighted by Crippen LogP contribution is 2.26. The molecule has 2 fully saturated rings. The molecule has 6 heteroatoms. The van der Waals surface area contributed by atoms with E-state index in [0.717, 1.165) is 37.7 Å². The van der Waals surface area contributed by atoms with Crippen LogP contribution in [0.3, 0.4) is 0 Å². The van der Waals surface area contributed by atoms with Crippen molar-refractivity contribution in [1.82, 2.24) is 19.0 Å². The van der Waals surface area contributed by atoms with Gasteiger partial charge in [-0.05, 0) is 32.2 Å². The van der Waals surface area contributed by atoms with Crippen molar-refractivity contribution >= 4 is 17.6 Å². The average Bonchev–Trinajstić information content (AvgIpc) is 3.09. The van der Waals surface area contributed by atoms with Crippen LogP contribution in [-0.2, 0) is 0 Å². The largest absolute Gasteiger partial charge is 0.333 e. The molecule has 1 aromatic heterocycles. The number of hydrogen-bond donors (Lipinski definition) is 1. The highest BCUT2D eigenvalue weighted by atomic mass is 32.1. The van der Waals surface area contributed by atoms with Gasteiger partial charge in [0.25, 0.3) is 5.91 Å². The lowest BCUT2D eigenvalue weighted by Crippen LogP contribution is -2.46. The van der Waals surface area contributed by atoms with Gasteiger partial charge in [0.15, 0.2) is 5.69 Å². The lowest BCUT2D eigenvalue weighted by molar-refractivity contribution is 0.0706. The normalized spacial score (nSPS) is 28.8. The first-order chi connectivity index (χ1) is 8.36. The third-order valence-electron chi connectivity index (χ3n) is 3.70. The third-order valence-corrected chi connectivity index (χ3v) is 4.18. The predicted molar refractivity (Wildman–Crippen MR) is 65.0 cm³/mol. The lowest BCUT2D eigenvalue weighted by Gasteiger charge is -2.28. The standard InChI is InChI=1S/C11H16N4OS/c16-11(9-7-13-17-14-9)15-6-2-4-10(15)8-3-1-5-12-8/h7-8,10,12H,1-6H2. The molecule has 17 heavy (non-hydrogen) atoms. The van der Waals surface area contributed by atoms with E-state index < -0.39 is 0 Å². The highest BCUT2D eigenvalue weighted by molar-refractivity contribution is 6.99. The Balaban J connectivity index is 1.75. The van der Waals surface area contributed by atoms with Gasteiger partial charge in [0.2, 0.25) is 0 Å². The van der Waals surface area contributed by atoms with E-state index in [1.54, 1.807) is 6.20 Å². The van der Waals surface area contributed by atoms with Gasteiger partial charge in [0.05, 0.1) is 17.9 Å². The minimum atomic E-state index is 0.0509. The first-order valence-electron chi connectivity index (χ1n) is 6.18. The molecule has 0 radical (unpaired) electrons. The zero-order chi connectivity index (χ0) is 11.7. The van der Waals surface area contributed by atoms with Crippen molar-refractivity contribution in [3.63, 3.8) is 0 Å². The topological polar surface area (TPSA) is 58.1 Å². The smallest absolute Gasteiger partial charge is 0.275 e. The molecule has 0 aromatic carbocycles. The maximum absolute atomic E-state index is 12.3. The molecule has 5 nitrogen and oxygen atoms in total. The molecule has 0 bridgehead atoms. The van der Waals surface area contributed by atoms with Gasteiger partial charge in [0, 0.05) is 18.6 Å². The molecule has 2 aliphatic rings. The Bertz CT molecular complexity index is 388. The van der Waals surface area contributed by atoms with Crippen molar-refractivity contribution < 1.29 is 4.79 Å². The summed E-state index contributed by atoms with van der Waals surface area (Å²) in [6.07, 6.45) is 6.20. The Morgan fingerprint density at radius 2 is 2.41 bits per heavy atom. The Morgan fingerprint density at radius 3 is 3.12 bits per heavy atom. The van der Waals surface area contributed by atoms with Gasteiger partial charge in [0.1, 0.15) is 0 Å². The number of amides is 1. The summed E-state index contributed by atoms with van der Waals surface area (Å²) >= 11 is 1.10. The third kappa shape index (κ3) is 2.07. The average molecular weight is 252 g/mol. The molecular formula is C11H16N4OS. The quantitative estimate of drug-likeness (QED) is 0.849. The van der Waals surface area contributed by atoms with Crippen LogP contribution in [0.15, 0.2) is 6.20 Å². The number of nitrogens with one attached hydrogen (secondary N) is 1. The number of nitrogens with zero attached hydrogens (tertiary/aromatic N) is 3. The Morgan fingerprint density at radius 1 is 1.47 bits per heavy atom. The molecule has 0 aliphatic carbocycles. The highest BCUT2D eigenvalue weighted by Gasteiger charge is 2.36. The maximum atomic E-state index is 12.3. The van der Waals surface area contributed by atoms with Gasteiger partial charge < -0.3 is 10.2 Å². The summed E-state index contributed by atoms with van der Waals surface area (Å²) in [7, 11) is 0. The van der Waals surface area contributed by atoms with E-state index in [1.165, 1.54) is 12.8 Å². The van der Waals surface area contributed by atoms with Crippen molar-refractivity contribution in [2.45, 2.75) is 37.8 Å². The van der Waals surface area contributed by atoms with Gasteiger partial charge in [-0.1, -0.05) is 0 Å². The molecule has 3 rings (SSSR count). The minimum absolute atomic E-state index is 0.0509. The second kappa shape index (κ2) is 4.70. The summed E-state index contributed by atoms with van der Waals surface area (Å²) in [4.78, 5) is 14.3. The molecular weight excluding hydrogens is 236 g/mol. The zero-order valence-corrected chi connectivity index (χ0v) is 10.4. The number of rotatable bonds is 2. The molecule has 2 saturated heterocycles. The first-order valence-corrected chi connectivity index (χ1v) is 6.91. The van der Waals surface area contributed by atoms with Gasteiger partial charge in [-0.15, -0.1) is 0 Å². The van der Waals surface area contributed by atoms with E-state index >= 15 is 0 Å². The van der Waals surface area contributed by atoms with E-state index in [9.17, 15) is 4.79 Å². The summed E-state index contributed by atoms with van der Waals surface area (Å²) in [5.74, 6) is 0.0509. The zero-order valence-electron chi connectivity index (χ0n) is 9.63. The van der Waals surface area contributed by atoms with Crippen LogP contribution in [0, 0.1) is 0 Å². The fourth-order valence-corrected chi connectivity index (χ4v) is 3.32. The van der Waals surface area contributed by atoms with Crippen molar-refractivity contribution in [2.24, 2.45) is 0 Å². The monoisotopic (exact) mass is 252 g/mol. The van der Waals surface area contributed by atoms with Crippen LogP contribution in [0.5, 0.6) is 0 Å². The SMILES string of the molecule is O=C(c1cnsn1)N1CCCC1C1CCCN1. The summed E-state index contributed by atoms with van der Waals surface area (Å²) in [6.45, 7) is 1.95. The summed E-state index contributed by atoms with van der Waals surface area (Å²) in [6, 6.07) is 0.833. The fraction of sp³-hybridized carbons (Fsp3) is 0.727. The van der Waals surface area contributed by atoms with E-state index in [0.29, 0.717) is 17.8 Å². The second-order valence-corrected chi connectivity index (χ2v) is 5.26. The molecule has 3 heterocycles. The molecule has 2 aliphatic heterocycles. The Kier molecular flexibility index (Phi) is 3.07. The van der Waals surface area contributed by atoms with Crippen molar-refractivity contribution in [2.75, 3.05) is 13.1 Å². The minimum Gasteiger partial charge on any atom is -0.333 e. The van der Waals surface area contributed by atoms with E-state index in [4.69, 9.17) is 0 Å². The van der Waals surface area contributed by atoms with Crippen LogP contribution in [0.1, 0.15) is 36.2 Å². The molecule has 0 spiro atoms. The van der Waals surface area contributed by atoms with E-state index in [1.807, 2.05) is 4.90 Å². The Hall–Kier alpha value is -1.01. The van der Waals surface area contributed by atoms with E-state index in [2.05, 4.69) is 14.1 Å². The van der Waals surface area contributed by atoms with Crippen molar-refractivity contribution in [3.05, 3.63) is 11.9 Å². The van der Waals surface area contributed by atoms with Crippen LogP contribution in [-0.4, -0.2) is 44.7 Å². The first kappa shape index (κ1) is 11.1. The van der Waals surface area contributed by atoms with Crippen LogP contribution in [0.25, 0.3) is 0 Å². The lowest BCUT2D eigenvalue weighted by atomic mass is 10.0. The maximum Gasteiger partial charge on any atom is 0.275 e. The molecule has 1 amide bonds. The number of aromatic nitrogens is 2. The molecule has 0 saturated carbocycles. The molecule has 1 aromatic rings. The summed E-state index contributed by atoms with van der Waals surface area (Å²) in [5, 5.41) is 3.50. The van der Waals surface area contributed by atoms with Gasteiger partial charge in [-0.2, -0.15) is 8.75 Å². The van der Waals surface area contributed by atoms with Crippen LogP contribution in [0.2, 0.25) is 0 Å². The van der Waals surface area contributed by atoms with Crippen LogP contribution < -0.4 is 5.32 Å². The molecule has 2 unspecified atom stereocenters.